The Labute approximate surface area is 78.7 Å². The molecule has 0 fully saturated rings. The van der Waals surface area contributed by atoms with Crippen LogP contribution in [-0.2, 0) is 0 Å². The van der Waals surface area contributed by atoms with Crippen molar-refractivity contribution in [3.8, 4) is 0 Å². The smallest absolute Gasteiger partial charge is 0.130 e. The van der Waals surface area contributed by atoms with Gasteiger partial charge in [-0.3, -0.25) is 5.32 Å². The van der Waals surface area contributed by atoms with Crippen molar-refractivity contribution in [3.63, 3.8) is 0 Å². The summed E-state index contributed by atoms with van der Waals surface area (Å²) in [7, 11) is 0. The fourth-order valence-electron chi connectivity index (χ4n) is 1.97. The Hall–Kier alpha value is -0.790. The summed E-state index contributed by atoms with van der Waals surface area (Å²) in [5.41, 5.74) is 1.09. The Morgan fingerprint density at radius 1 is 1.62 bits per heavy atom. The Balaban J connectivity index is 2.21. The molecule has 13 heavy (non-hydrogen) atoms. The highest BCUT2D eigenvalue weighted by Gasteiger charge is 2.29. The van der Waals surface area contributed by atoms with E-state index in [0.717, 1.165) is 18.5 Å². The SMILES string of the molecule is CC1CCC2=C(C=CC(C)(F)C2)[N]1. The van der Waals surface area contributed by atoms with Crippen molar-refractivity contribution >= 4 is 0 Å². The Morgan fingerprint density at radius 2 is 2.38 bits per heavy atom. The van der Waals surface area contributed by atoms with Gasteiger partial charge in [0.15, 0.2) is 0 Å². The quantitative estimate of drug-likeness (QED) is 0.544. The Morgan fingerprint density at radius 3 is 3.15 bits per heavy atom. The van der Waals surface area contributed by atoms with E-state index in [1.807, 2.05) is 6.08 Å². The van der Waals surface area contributed by atoms with Gasteiger partial charge in [-0.1, -0.05) is 0 Å². The third-order valence-corrected chi connectivity index (χ3v) is 2.73. The zero-order valence-corrected chi connectivity index (χ0v) is 8.18. The maximum atomic E-state index is 13.6. The van der Waals surface area contributed by atoms with Gasteiger partial charge in [0.2, 0.25) is 0 Å². The first kappa shape index (κ1) is 8.79. The van der Waals surface area contributed by atoms with Crippen molar-refractivity contribution in [2.24, 2.45) is 0 Å². The van der Waals surface area contributed by atoms with E-state index >= 15 is 0 Å². The maximum Gasteiger partial charge on any atom is 0.130 e. The zero-order valence-electron chi connectivity index (χ0n) is 8.18. The molecular formula is C11H15FN. The van der Waals surface area contributed by atoms with Crippen molar-refractivity contribution in [2.45, 2.75) is 44.8 Å². The highest BCUT2D eigenvalue weighted by molar-refractivity contribution is 5.34. The van der Waals surface area contributed by atoms with Crippen LogP contribution in [0.2, 0.25) is 0 Å². The van der Waals surface area contributed by atoms with Crippen LogP contribution in [0.5, 0.6) is 0 Å². The van der Waals surface area contributed by atoms with E-state index in [-0.39, 0.29) is 0 Å². The molecule has 0 bridgehead atoms. The van der Waals surface area contributed by atoms with Crippen LogP contribution >= 0.6 is 0 Å². The van der Waals surface area contributed by atoms with Crippen LogP contribution in [0.1, 0.15) is 33.1 Å². The fraction of sp³-hybridized carbons (Fsp3) is 0.636. The molecule has 2 aliphatic rings. The second kappa shape index (κ2) is 2.86. The van der Waals surface area contributed by atoms with Crippen LogP contribution in [0.15, 0.2) is 23.4 Å². The second-order valence-corrected chi connectivity index (χ2v) is 4.29. The number of alkyl halides is 1. The standard InChI is InChI=1S/C11H15FN/c1-8-3-4-9-7-11(2,12)6-5-10(9)13-8/h5-6,8H,3-4,7H2,1-2H3. The summed E-state index contributed by atoms with van der Waals surface area (Å²) in [4.78, 5) is 0. The van der Waals surface area contributed by atoms with Crippen molar-refractivity contribution in [1.29, 1.82) is 0 Å². The summed E-state index contributed by atoms with van der Waals surface area (Å²) in [6.45, 7) is 3.74. The molecule has 2 atom stereocenters. The second-order valence-electron chi connectivity index (χ2n) is 4.29. The normalized spacial score (nSPS) is 38.5. The molecule has 1 aliphatic heterocycles. The minimum Gasteiger partial charge on any atom is -0.282 e. The van der Waals surface area contributed by atoms with Gasteiger partial charge in [-0.25, -0.2) is 4.39 Å². The highest BCUT2D eigenvalue weighted by atomic mass is 19.1. The average Bonchev–Trinajstić information content (AvgIpc) is 2.05. The van der Waals surface area contributed by atoms with Crippen LogP contribution < -0.4 is 5.32 Å². The molecule has 2 heteroatoms. The number of hydrogen-bond donors (Lipinski definition) is 0. The lowest BCUT2D eigenvalue weighted by Gasteiger charge is -2.30. The topological polar surface area (TPSA) is 14.1 Å². The lowest BCUT2D eigenvalue weighted by atomic mass is 9.86. The van der Waals surface area contributed by atoms with Gasteiger partial charge < -0.3 is 0 Å². The first-order valence-corrected chi connectivity index (χ1v) is 4.88. The molecule has 0 aromatic carbocycles. The molecule has 1 aliphatic carbocycles. The minimum absolute atomic E-state index is 0.410. The van der Waals surface area contributed by atoms with Gasteiger partial charge in [-0.2, -0.15) is 0 Å². The van der Waals surface area contributed by atoms with Gasteiger partial charge in [0.25, 0.3) is 0 Å². The third kappa shape index (κ3) is 1.77. The average molecular weight is 180 g/mol. The lowest BCUT2D eigenvalue weighted by molar-refractivity contribution is 0.246. The summed E-state index contributed by atoms with van der Waals surface area (Å²) in [5.74, 6) is 0. The third-order valence-electron chi connectivity index (χ3n) is 2.73. The summed E-state index contributed by atoms with van der Waals surface area (Å²) >= 11 is 0. The van der Waals surface area contributed by atoms with Crippen LogP contribution in [0.4, 0.5) is 4.39 Å². The Bertz CT molecular complexity index is 276. The largest absolute Gasteiger partial charge is 0.282 e. The number of allylic oxidation sites excluding steroid dienone is 3. The molecule has 1 radical (unpaired) electrons. The first-order chi connectivity index (χ1) is 6.07. The number of nitrogens with zero attached hydrogens (tertiary/aromatic N) is 1. The molecule has 1 heterocycles. The van der Waals surface area contributed by atoms with E-state index < -0.39 is 5.67 Å². The number of hydrogen-bond acceptors (Lipinski definition) is 0. The molecule has 0 aromatic heterocycles. The van der Waals surface area contributed by atoms with Crippen molar-refractivity contribution < 1.29 is 4.39 Å². The fourth-order valence-corrected chi connectivity index (χ4v) is 1.97. The van der Waals surface area contributed by atoms with Crippen LogP contribution in [0.3, 0.4) is 0 Å². The minimum atomic E-state index is -1.14. The molecule has 2 unspecified atom stereocenters. The van der Waals surface area contributed by atoms with Gasteiger partial charge in [-0.15, -0.1) is 0 Å². The number of rotatable bonds is 0. The highest BCUT2D eigenvalue weighted by Crippen LogP contribution is 2.34. The van der Waals surface area contributed by atoms with E-state index in [1.165, 1.54) is 5.57 Å². The van der Waals surface area contributed by atoms with Crippen LogP contribution in [0.25, 0.3) is 0 Å². The predicted molar refractivity (Wildman–Crippen MR) is 51.1 cm³/mol. The molecule has 0 saturated carbocycles. The molecule has 0 N–H and O–H groups in total. The monoisotopic (exact) mass is 180 g/mol. The molecule has 71 valence electrons. The summed E-state index contributed by atoms with van der Waals surface area (Å²) in [6, 6.07) is 0.410. The van der Waals surface area contributed by atoms with Crippen LogP contribution in [-0.4, -0.2) is 11.7 Å². The molecule has 2 rings (SSSR count). The van der Waals surface area contributed by atoms with Crippen LogP contribution in [0, 0.1) is 0 Å². The van der Waals surface area contributed by atoms with E-state index in [4.69, 9.17) is 0 Å². The molecule has 0 aromatic rings. The maximum absolute atomic E-state index is 13.6. The van der Waals surface area contributed by atoms with Gasteiger partial charge in [0.1, 0.15) is 5.67 Å². The molecule has 0 amide bonds. The van der Waals surface area contributed by atoms with Gasteiger partial charge in [-0.05, 0) is 44.4 Å². The van der Waals surface area contributed by atoms with E-state index in [0.29, 0.717) is 12.5 Å². The van der Waals surface area contributed by atoms with E-state index in [9.17, 15) is 4.39 Å². The molecule has 1 nitrogen and oxygen atoms in total. The van der Waals surface area contributed by atoms with E-state index in [1.54, 1.807) is 13.0 Å². The summed E-state index contributed by atoms with van der Waals surface area (Å²) < 4.78 is 13.6. The lowest BCUT2D eigenvalue weighted by Crippen LogP contribution is -2.29. The Kier molecular flexibility index (Phi) is 1.94. The zero-order chi connectivity index (χ0) is 9.47. The molecule has 0 saturated heterocycles. The van der Waals surface area contributed by atoms with Gasteiger partial charge >= 0.3 is 0 Å². The van der Waals surface area contributed by atoms with Crippen molar-refractivity contribution in [3.05, 3.63) is 23.4 Å². The summed E-state index contributed by atoms with van der Waals surface area (Å²) in [6.07, 6.45) is 6.10. The van der Waals surface area contributed by atoms with E-state index in [2.05, 4.69) is 12.2 Å². The molecule has 0 spiro atoms. The number of halogens is 1. The summed E-state index contributed by atoms with van der Waals surface area (Å²) in [5, 5.41) is 4.50. The molecular weight excluding hydrogens is 165 g/mol. The van der Waals surface area contributed by atoms with Crippen molar-refractivity contribution in [1.82, 2.24) is 5.32 Å². The van der Waals surface area contributed by atoms with Gasteiger partial charge in [0.05, 0.1) is 5.70 Å². The first-order valence-electron chi connectivity index (χ1n) is 4.88. The van der Waals surface area contributed by atoms with Gasteiger partial charge in [0, 0.05) is 12.5 Å². The predicted octanol–water partition coefficient (Wildman–Crippen LogP) is 2.72. The van der Waals surface area contributed by atoms with Crippen molar-refractivity contribution in [2.75, 3.05) is 0 Å².